The predicted octanol–water partition coefficient (Wildman–Crippen LogP) is 1.83. The molecule has 0 aliphatic carbocycles. The average molecular weight is 434 g/mol. The molecule has 0 aromatic carbocycles. The van der Waals surface area contributed by atoms with Gasteiger partial charge in [-0.25, -0.2) is 4.99 Å². The van der Waals surface area contributed by atoms with Crippen LogP contribution in [0.2, 0.25) is 0 Å². The molecule has 2 N–H and O–H groups in total. The first kappa shape index (κ1) is 20.2. The van der Waals surface area contributed by atoms with E-state index >= 15 is 0 Å². The van der Waals surface area contributed by atoms with Crippen LogP contribution < -0.4 is 10.6 Å². The van der Waals surface area contributed by atoms with E-state index in [1.807, 2.05) is 24.0 Å². The van der Waals surface area contributed by atoms with Crippen LogP contribution in [0.3, 0.4) is 0 Å². The van der Waals surface area contributed by atoms with Crippen molar-refractivity contribution < 1.29 is 0 Å². The molecule has 0 saturated carbocycles. The number of piperidine rings is 1. The van der Waals surface area contributed by atoms with Crippen LogP contribution in [0.1, 0.15) is 32.4 Å². The molecular formula is C16H31IN6. The van der Waals surface area contributed by atoms with Crippen LogP contribution >= 0.6 is 24.0 Å². The maximum Gasteiger partial charge on any atom is 0.191 e. The fourth-order valence-electron chi connectivity index (χ4n) is 2.90. The Bertz CT molecular complexity index is 473. The van der Waals surface area contributed by atoms with Gasteiger partial charge in [0.05, 0.1) is 12.2 Å². The van der Waals surface area contributed by atoms with Crippen LogP contribution in [-0.4, -0.2) is 53.4 Å². The highest BCUT2D eigenvalue weighted by Crippen LogP contribution is 2.15. The summed E-state index contributed by atoms with van der Waals surface area (Å²) in [6.45, 7) is 10.5. The Hall–Kier alpha value is -0.830. The summed E-state index contributed by atoms with van der Waals surface area (Å²) < 4.78 is 1.87. The second-order valence-electron chi connectivity index (χ2n) is 5.92. The Morgan fingerprint density at radius 2 is 2.22 bits per heavy atom. The molecule has 1 unspecified atom stereocenters. The summed E-state index contributed by atoms with van der Waals surface area (Å²) in [5.74, 6) is 1.62. The summed E-state index contributed by atoms with van der Waals surface area (Å²) in [5, 5.41) is 11.0. The van der Waals surface area contributed by atoms with Crippen molar-refractivity contribution >= 4 is 29.9 Å². The largest absolute Gasteiger partial charge is 0.357 e. The Balaban J connectivity index is 0.00000264. The highest BCUT2D eigenvalue weighted by molar-refractivity contribution is 14.0. The number of hydrogen-bond acceptors (Lipinski definition) is 3. The van der Waals surface area contributed by atoms with Gasteiger partial charge in [0.25, 0.3) is 0 Å². The van der Waals surface area contributed by atoms with Crippen molar-refractivity contribution in [3.8, 4) is 0 Å². The van der Waals surface area contributed by atoms with E-state index in [0.29, 0.717) is 12.5 Å². The molecule has 0 radical (unpaired) electrons. The summed E-state index contributed by atoms with van der Waals surface area (Å²) in [4.78, 5) is 7.20. The van der Waals surface area contributed by atoms with Crippen molar-refractivity contribution in [2.24, 2.45) is 18.0 Å². The molecule has 2 rings (SSSR count). The van der Waals surface area contributed by atoms with Crippen molar-refractivity contribution in [3.05, 3.63) is 18.0 Å². The summed E-state index contributed by atoms with van der Waals surface area (Å²) in [7, 11) is 1.95. The number of halogens is 1. The van der Waals surface area contributed by atoms with E-state index in [1.165, 1.54) is 25.9 Å². The van der Waals surface area contributed by atoms with Gasteiger partial charge in [0.2, 0.25) is 0 Å². The first-order valence-electron chi connectivity index (χ1n) is 8.44. The van der Waals surface area contributed by atoms with Crippen LogP contribution in [0.15, 0.2) is 17.3 Å². The predicted molar refractivity (Wildman–Crippen MR) is 106 cm³/mol. The molecule has 0 spiro atoms. The fourth-order valence-corrected chi connectivity index (χ4v) is 2.90. The van der Waals surface area contributed by atoms with Crippen molar-refractivity contribution in [2.45, 2.75) is 33.2 Å². The molecule has 2 heterocycles. The molecule has 7 heteroatoms. The zero-order valence-corrected chi connectivity index (χ0v) is 16.9. The molecule has 1 fully saturated rings. The number of guanidine groups is 1. The van der Waals surface area contributed by atoms with E-state index in [9.17, 15) is 0 Å². The molecule has 0 amide bonds. The van der Waals surface area contributed by atoms with E-state index in [2.05, 4.69) is 39.5 Å². The van der Waals surface area contributed by atoms with E-state index in [0.717, 1.165) is 31.3 Å². The van der Waals surface area contributed by atoms with Gasteiger partial charge in [-0.2, -0.15) is 5.10 Å². The number of likely N-dealkylation sites (tertiary alicyclic amines) is 1. The molecule has 0 bridgehead atoms. The van der Waals surface area contributed by atoms with Crippen molar-refractivity contribution in [1.29, 1.82) is 0 Å². The zero-order chi connectivity index (χ0) is 15.8. The van der Waals surface area contributed by atoms with Crippen molar-refractivity contribution in [3.63, 3.8) is 0 Å². The summed E-state index contributed by atoms with van der Waals surface area (Å²) in [5.41, 5.74) is 1.12. The third-order valence-corrected chi connectivity index (χ3v) is 4.27. The lowest BCUT2D eigenvalue weighted by molar-refractivity contribution is 0.183. The second kappa shape index (κ2) is 10.9. The van der Waals surface area contributed by atoms with E-state index in [4.69, 9.17) is 0 Å². The van der Waals surface area contributed by atoms with Gasteiger partial charge < -0.3 is 15.5 Å². The lowest BCUT2D eigenvalue weighted by Crippen LogP contribution is -2.44. The maximum absolute atomic E-state index is 4.66. The Morgan fingerprint density at radius 1 is 1.39 bits per heavy atom. The topological polar surface area (TPSA) is 57.5 Å². The normalized spacial score (nSPS) is 19.3. The third-order valence-electron chi connectivity index (χ3n) is 4.27. The summed E-state index contributed by atoms with van der Waals surface area (Å²) in [6, 6.07) is 2.01. The number of aliphatic imine (C=N–C) groups is 1. The number of nitrogens with zero attached hydrogens (tertiary/aromatic N) is 4. The Morgan fingerprint density at radius 3 is 2.87 bits per heavy atom. The van der Waals surface area contributed by atoms with E-state index in [-0.39, 0.29) is 24.0 Å². The molecule has 23 heavy (non-hydrogen) atoms. The van der Waals surface area contributed by atoms with Crippen LogP contribution in [0, 0.1) is 5.92 Å². The second-order valence-corrected chi connectivity index (χ2v) is 5.92. The monoisotopic (exact) mass is 434 g/mol. The number of rotatable bonds is 6. The molecule has 1 saturated heterocycles. The Kier molecular flexibility index (Phi) is 9.54. The van der Waals surface area contributed by atoms with Crippen LogP contribution in [-0.2, 0) is 13.6 Å². The van der Waals surface area contributed by atoms with Gasteiger partial charge in [0.1, 0.15) is 0 Å². The molecule has 1 aliphatic heterocycles. The molecule has 1 aromatic heterocycles. The van der Waals surface area contributed by atoms with Gasteiger partial charge in [0.15, 0.2) is 5.96 Å². The summed E-state index contributed by atoms with van der Waals surface area (Å²) >= 11 is 0. The molecule has 1 atom stereocenters. The van der Waals surface area contributed by atoms with Crippen LogP contribution in [0.4, 0.5) is 0 Å². The maximum atomic E-state index is 4.66. The Labute approximate surface area is 157 Å². The zero-order valence-electron chi connectivity index (χ0n) is 14.6. The minimum atomic E-state index is 0. The molecular weight excluding hydrogens is 403 g/mol. The van der Waals surface area contributed by atoms with E-state index < -0.39 is 0 Å². The SMILES string of the molecule is CCNC(=NCc1ccnn1C)NCC1CCCN(CC)C1.I. The number of aryl methyl sites for hydroxylation is 1. The van der Waals surface area contributed by atoms with Crippen LogP contribution in [0.5, 0.6) is 0 Å². The average Bonchev–Trinajstić information content (AvgIpc) is 2.95. The fraction of sp³-hybridized carbons (Fsp3) is 0.750. The lowest BCUT2D eigenvalue weighted by atomic mass is 9.98. The van der Waals surface area contributed by atoms with Gasteiger partial charge in [-0.05, 0) is 44.8 Å². The van der Waals surface area contributed by atoms with Gasteiger partial charge >= 0.3 is 0 Å². The minimum absolute atomic E-state index is 0. The standard InChI is InChI=1S/C16H30N6.HI/c1-4-17-16(19-12-15-8-9-20-21(15)3)18-11-14-7-6-10-22(5-2)13-14;/h8-9,14H,4-7,10-13H2,1-3H3,(H2,17,18,19);1H. The minimum Gasteiger partial charge on any atom is -0.357 e. The summed E-state index contributed by atoms with van der Waals surface area (Å²) in [6.07, 6.45) is 4.43. The van der Waals surface area contributed by atoms with Gasteiger partial charge in [-0.15, -0.1) is 24.0 Å². The number of nitrogens with one attached hydrogen (secondary N) is 2. The molecule has 1 aliphatic rings. The highest BCUT2D eigenvalue weighted by Gasteiger charge is 2.18. The van der Waals surface area contributed by atoms with E-state index in [1.54, 1.807) is 0 Å². The molecule has 132 valence electrons. The van der Waals surface area contributed by atoms with Crippen molar-refractivity contribution in [1.82, 2.24) is 25.3 Å². The van der Waals surface area contributed by atoms with Crippen molar-refractivity contribution in [2.75, 3.05) is 32.7 Å². The highest BCUT2D eigenvalue weighted by atomic mass is 127. The molecule has 6 nitrogen and oxygen atoms in total. The number of hydrogen-bond donors (Lipinski definition) is 2. The lowest BCUT2D eigenvalue weighted by Gasteiger charge is -2.32. The third kappa shape index (κ3) is 6.66. The molecule has 1 aromatic rings. The first-order chi connectivity index (χ1) is 10.7. The van der Waals surface area contributed by atoms with Crippen LogP contribution in [0.25, 0.3) is 0 Å². The smallest absolute Gasteiger partial charge is 0.191 e. The number of aromatic nitrogens is 2. The van der Waals surface area contributed by atoms with Gasteiger partial charge in [0, 0.05) is 32.9 Å². The first-order valence-corrected chi connectivity index (χ1v) is 8.44. The quantitative estimate of drug-likeness (QED) is 0.408. The van der Waals surface area contributed by atoms with Gasteiger partial charge in [-0.1, -0.05) is 6.92 Å². The van der Waals surface area contributed by atoms with Gasteiger partial charge in [-0.3, -0.25) is 4.68 Å².